The lowest BCUT2D eigenvalue weighted by molar-refractivity contribution is 0.483. The van der Waals surface area contributed by atoms with E-state index >= 15 is 0 Å². The molecule has 0 unspecified atom stereocenters. The molecule has 0 saturated heterocycles. The summed E-state index contributed by atoms with van der Waals surface area (Å²) in [5.41, 5.74) is 5.85. The van der Waals surface area contributed by atoms with Crippen LogP contribution < -0.4 is 5.73 Å². The van der Waals surface area contributed by atoms with Crippen molar-refractivity contribution in [2.24, 2.45) is 10.7 Å². The van der Waals surface area contributed by atoms with E-state index in [0.29, 0.717) is 5.69 Å². The van der Waals surface area contributed by atoms with Crippen molar-refractivity contribution in [3.63, 3.8) is 0 Å². The molecule has 0 amide bonds. The van der Waals surface area contributed by atoms with Crippen LogP contribution in [0.1, 0.15) is 0 Å². The number of rotatable bonds is 3. The summed E-state index contributed by atoms with van der Waals surface area (Å²) < 4.78 is 30.1. The lowest BCUT2D eigenvalue weighted by atomic mass is 10.3. The Labute approximate surface area is 92.3 Å². The van der Waals surface area contributed by atoms with Crippen molar-refractivity contribution in [1.82, 2.24) is 0 Å². The zero-order chi connectivity index (χ0) is 11.5. The molecule has 3 N–H and O–H groups in total. The molecule has 0 spiro atoms. The monoisotopic (exact) mass is 248 g/mol. The molecule has 1 aromatic carbocycles. The van der Waals surface area contributed by atoms with Crippen LogP contribution in [0.15, 0.2) is 34.2 Å². The van der Waals surface area contributed by atoms with Crippen molar-refractivity contribution < 1.29 is 13.0 Å². The van der Waals surface area contributed by atoms with Gasteiger partial charge in [0.15, 0.2) is 0 Å². The largest absolute Gasteiger partial charge is 0.386 e. The van der Waals surface area contributed by atoms with Gasteiger partial charge in [-0.2, -0.15) is 8.42 Å². The van der Waals surface area contributed by atoms with Crippen LogP contribution in [0.25, 0.3) is 0 Å². The molecule has 82 valence electrons. The Morgan fingerprint density at radius 1 is 1.40 bits per heavy atom. The van der Waals surface area contributed by atoms with Crippen LogP contribution in [0.4, 0.5) is 5.69 Å². The molecule has 0 aliphatic rings. The SMILES string of the molecule is NC(CCl)=Nc1ccc(S(=O)(=O)O)cc1. The van der Waals surface area contributed by atoms with Gasteiger partial charge in [0.2, 0.25) is 0 Å². The van der Waals surface area contributed by atoms with Crippen molar-refractivity contribution >= 4 is 33.2 Å². The van der Waals surface area contributed by atoms with Gasteiger partial charge in [-0.1, -0.05) is 0 Å². The van der Waals surface area contributed by atoms with E-state index in [9.17, 15) is 8.42 Å². The van der Waals surface area contributed by atoms with Crippen molar-refractivity contribution in [3.05, 3.63) is 24.3 Å². The average Bonchev–Trinajstić information content (AvgIpc) is 2.17. The summed E-state index contributed by atoms with van der Waals surface area (Å²) in [6.45, 7) is 0. The van der Waals surface area contributed by atoms with Gasteiger partial charge in [-0.25, -0.2) is 4.99 Å². The molecule has 0 saturated carbocycles. The second-order valence-corrected chi connectivity index (χ2v) is 4.39. The van der Waals surface area contributed by atoms with Crippen LogP contribution in [0.3, 0.4) is 0 Å². The molecule has 0 aliphatic carbocycles. The van der Waals surface area contributed by atoms with Crippen molar-refractivity contribution in [2.75, 3.05) is 5.88 Å². The van der Waals surface area contributed by atoms with Gasteiger partial charge in [-0.05, 0) is 24.3 Å². The number of aliphatic imine (C=N–C) groups is 1. The minimum absolute atomic E-state index is 0.0973. The minimum atomic E-state index is -4.16. The average molecular weight is 249 g/mol. The number of nitrogens with zero attached hydrogens (tertiary/aromatic N) is 1. The van der Waals surface area contributed by atoms with E-state index in [2.05, 4.69) is 4.99 Å². The van der Waals surface area contributed by atoms with Crippen molar-refractivity contribution in [1.29, 1.82) is 0 Å². The molecule has 0 atom stereocenters. The quantitative estimate of drug-likeness (QED) is 0.363. The highest BCUT2D eigenvalue weighted by Crippen LogP contribution is 2.16. The second kappa shape index (κ2) is 4.61. The second-order valence-electron chi connectivity index (χ2n) is 2.71. The molecule has 15 heavy (non-hydrogen) atoms. The Balaban J connectivity index is 3.01. The molecule has 0 radical (unpaired) electrons. The fourth-order valence-corrected chi connectivity index (χ4v) is 1.43. The van der Waals surface area contributed by atoms with Crippen LogP contribution in [-0.4, -0.2) is 24.7 Å². The summed E-state index contributed by atoms with van der Waals surface area (Å²) in [7, 11) is -4.16. The standard InChI is InChI=1S/C8H9ClN2O3S/c9-5-8(10)11-6-1-3-7(4-2-6)15(12,13)14/h1-4H,5H2,(H2,10,11)(H,12,13,14). The van der Waals surface area contributed by atoms with Crippen molar-refractivity contribution in [2.45, 2.75) is 4.90 Å². The molecule has 0 fully saturated rings. The van der Waals surface area contributed by atoms with Crippen LogP contribution in [0, 0.1) is 0 Å². The zero-order valence-electron chi connectivity index (χ0n) is 7.59. The van der Waals surface area contributed by atoms with E-state index < -0.39 is 10.1 Å². The third kappa shape index (κ3) is 3.50. The van der Waals surface area contributed by atoms with E-state index in [1.54, 1.807) is 0 Å². The van der Waals surface area contributed by atoms with Gasteiger partial charge in [0.1, 0.15) is 5.84 Å². The lowest BCUT2D eigenvalue weighted by Gasteiger charge is -1.98. The highest BCUT2D eigenvalue weighted by molar-refractivity contribution is 7.85. The number of halogens is 1. The fraction of sp³-hybridized carbons (Fsp3) is 0.125. The van der Waals surface area contributed by atoms with E-state index in [1.165, 1.54) is 24.3 Å². The minimum Gasteiger partial charge on any atom is -0.386 e. The fourth-order valence-electron chi connectivity index (χ4n) is 0.888. The van der Waals surface area contributed by atoms with Crippen molar-refractivity contribution in [3.8, 4) is 0 Å². The zero-order valence-corrected chi connectivity index (χ0v) is 9.16. The number of nitrogens with two attached hydrogens (primary N) is 1. The third-order valence-electron chi connectivity index (χ3n) is 1.54. The Morgan fingerprint density at radius 2 is 1.93 bits per heavy atom. The highest BCUT2D eigenvalue weighted by Gasteiger charge is 2.07. The maximum absolute atomic E-state index is 10.7. The molecule has 7 heteroatoms. The van der Waals surface area contributed by atoms with Crippen LogP contribution in [0.2, 0.25) is 0 Å². The molecule has 0 aliphatic heterocycles. The predicted molar refractivity (Wildman–Crippen MR) is 58.3 cm³/mol. The lowest BCUT2D eigenvalue weighted by Crippen LogP contribution is -2.12. The maximum Gasteiger partial charge on any atom is 0.294 e. The first-order valence-electron chi connectivity index (χ1n) is 3.90. The summed E-state index contributed by atoms with van der Waals surface area (Å²) in [6.07, 6.45) is 0. The molecule has 5 nitrogen and oxygen atoms in total. The first-order valence-corrected chi connectivity index (χ1v) is 5.87. The van der Waals surface area contributed by atoms with Gasteiger partial charge in [0.05, 0.1) is 16.5 Å². The van der Waals surface area contributed by atoms with Gasteiger partial charge >= 0.3 is 0 Å². The number of hydrogen-bond donors (Lipinski definition) is 2. The summed E-state index contributed by atoms with van der Waals surface area (Å²) in [4.78, 5) is 3.70. The summed E-state index contributed by atoms with van der Waals surface area (Å²) in [6, 6.07) is 5.30. The Kier molecular flexibility index (Phi) is 3.67. The smallest absolute Gasteiger partial charge is 0.294 e. The summed E-state index contributed by atoms with van der Waals surface area (Å²) >= 11 is 5.41. The van der Waals surface area contributed by atoms with Gasteiger partial charge in [0, 0.05) is 0 Å². The number of hydrogen-bond acceptors (Lipinski definition) is 3. The molecule has 1 rings (SSSR count). The maximum atomic E-state index is 10.7. The molecular weight excluding hydrogens is 240 g/mol. The molecule has 0 heterocycles. The molecule has 0 aromatic heterocycles. The predicted octanol–water partition coefficient (Wildman–Crippen LogP) is 1.16. The first kappa shape index (κ1) is 12.0. The van der Waals surface area contributed by atoms with E-state index in [0.717, 1.165) is 0 Å². The number of alkyl halides is 1. The molecule has 0 bridgehead atoms. The normalized spacial score (nSPS) is 12.8. The number of benzene rings is 1. The Bertz CT molecular complexity index is 467. The topological polar surface area (TPSA) is 92.8 Å². The van der Waals surface area contributed by atoms with Crippen LogP contribution in [0.5, 0.6) is 0 Å². The van der Waals surface area contributed by atoms with Crippen LogP contribution >= 0.6 is 11.6 Å². The Hall–Kier alpha value is -1.11. The van der Waals surface area contributed by atoms with Gasteiger partial charge in [-0.3, -0.25) is 4.55 Å². The van der Waals surface area contributed by atoms with Gasteiger partial charge in [0.25, 0.3) is 10.1 Å². The third-order valence-corrected chi connectivity index (χ3v) is 2.69. The molecular formula is C8H9ClN2O3S. The van der Waals surface area contributed by atoms with Gasteiger partial charge < -0.3 is 5.73 Å². The molecule has 1 aromatic rings. The van der Waals surface area contributed by atoms with E-state index in [-0.39, 0.29) is 16.6 Å². The summed E-state index contributed by atoms with van der Waals surface area (Å²) in [5.74, 6) is 0.330. The van der Waals surface area contributed by atoms with Gasteiger partial charge in [-0.15, -0.1) is 11.6 Å². The number of amidine groups is 1. The first-order chi connectivity index (χ1) is 6.93. The van der Waals surface area contributed by atoms with E-state index in [1.807, 2.05) is 0 Å². The Morgan fingerprint density at radius 3 is 2.33 bits per heavy atom. The summed E-state index contributed by atoms with van der Waals surface area (Å²) in [5, 5.41) is 0. The van der Waals surface area contributed by atoms with Crippen LogP contribution in [-0.2, 0) is 10.1 Å². The highest BCUT2D eigenvalue weighted by atomic mass is 35.5. The van der Waals surface area contributed by atoms with E-state index in [4.69, 9.17) is 21.9 Å².